The zero-order valence-corrected chi connectivity index (χ0v) is 8.86. The Morgan fingerprint density at radius 2 is 2.47 bits per heavy atom. The van der Waals surface area contributed by atoms with E-state index in [4.69, 9.17) is 5.73 Å². The van der Waals surface area contributed by atoms with Crippen LogP contribution in [0, 0.1) is 0 Å². The fourth-order valence-electron chi connectivity index (χ4n) is 1.70. The van der Waals surface area contributed by atoms with Crippen LogP contribution < -0.4 is 11.1 Å². The van der Waals surface area contributed by atoms with Crippen molar-refractivity contribution in [1.29, 1.82) is 0 Å². The van der Waals surface area contributed by atoms with E-state index in [1.165, 1.54) is 6.42 Å². The van der Waals surface area contributed by atoms with Crippen molar-refractivity contribution in [2.75, 3.05) is 6.54 Å². The van der Waals surface area contributed by atoms with Gasteiger partial charge in [0.05, 0.1) is 11.8 Å². The molecular weight excluding hydrogens is 192 g/mol. The van der Waals surface area contributed by atoms with Crippen molar-refractivity contribution in [3.8, 4) is 0 Å². The van der Waals surface area contributed by atoms with Crippen molar-refractivity contribution < 1.29 is 4.79 Å². The molecule has 15 heavy (non-hydrogen) atoms. The number of hydrogen-bond acceptors (Lipinski definition) is 3. The third-order valence-electron chi connectivity index (χ3n) is 2.92. The number of amides is 1. The Morgan fingerprint density at radius 3 is 2.93 bits per heavy atom. The number of nitrogens with zero attached hydrogens (tertiary/aromatic N) is 2. The molecule has 0 radical (unpaired) electrons. The molecular formula is C10H16N4O. The van der Waals surface area contributed by atoms with Crippen LogP contribution in [0.4, 0.5) is 0 Å². The third-order valence-corrected chi connectivity index (χ3v) is 2.92. The zero-order valence-electron chi connectivity index (χ0n) is 8.86. The molecule has 82 valence electrons. The molecule has 0 bridgehead atoms. The molecule has 1 aliphatic rings. The summed E-state index contributed by atoms with van der Waals surface area (Å²) in [6.07, 6.45) is 6.42. The summed E-state index contributed by atoms with van der Waals surface area (Å²) < 4.78 is 1.61. The summed E-state index contributed by atoms with van der Waals surface area (Å²) >= 11 is 0. The highest BCUT2D eigenvalue weighted by atomic mass is 16.1. The number of carbonyl (C=O) groups excluding carboxylic acids is 1. The minimum absolute atomic E-state index is 0.0974. The second-order valence-electron chi connectivity index (χ2n) is 4.30. The molecule has 1 heterocycles. The van der Waals surface area contributed by atoms with Gasteiger partial charge in [-0.1, -0.05) is 0 Å². The largest absolute Gasteiger partial charge is 0.350 e. The van der Waals surface area contributed by atoms with Crippen LogP contribution in [-0.4, -0.2) is 27.8 Å². The number of rotatable bonds is 3. The highest BCUT2D eigenvalue weighted by Crippen LogP contribution is 2.28. The summed E-state index contributed by atoms with van der Waals surface area (Å²) in [5, 5.41) is 6.78. The SMILES string of the molecule is Cn1cc(C(=O)NCC2(N)CCC2)cn1. The molecule has 1 saturated carbocycles. The maximum Gasteiger partial charge on any atom is 0.254 e. The molecule has 0 aliphatic heterocycles. The van der Waals surface area contributed by atoms with Gasteiger partial charge in [-0.25, -0.2) is 0 Å². The third kappa shape index (κ3) is 2.18. The molecule has 1 amide bonds. The summed E-state index contributed by atoms with van der Waals surface area (Å²) in [4.78, 5) is 11.6. The molecule has 1 fully saturated rings. The van der Waals surface area contributed by atoms with Crippen molar-refractivity contribution >= 4 is 5.91 Å². The van der Waals surface area contributed by atoms with Crippen molar-refractivity contribution in [2.45, 2.75) is 24.8 Å². The van der Waals surface area contributed by atoms with Crippen LogP contribution in [0.15, 0.2) is 12.4 Å². The molecule has 0 atom stereocenters. The summed E-state index contributed by atoms with van der Waals surface area (Å²) in [6, 6.07) is 0. The average molecular weight is 208 g/mol. The first-order valence-corrected chi connectivity index (χ1v) is 5.15. The Balaban J connectivity index is 1.87. The van der Waals surface area contributed by atoms with Gasteiger partial charge in [0, 0.05) is 25.3 Å². The lowest BCUT2D eigenvalue weighted by Crippen LogP contribution is -2.54. The summed E-state index contributed by atoms with van der Waals surface area (Å²) in [7, 11) is 1.78. The Hall–Kier alpha value is -1.36. The lowest BCUT2D eigenvalue weighted by atomic mass is 9.78. The monoisotopic (exact) mass is 208 g/mol. The summed E-state index contributed by atoms with van der Waals surface area (Å²) in [5.41, 5.74) is 6.41. The van der Waals surface area contributed by atoms with Crippen LogP contribution in [0.5, 0.6) is 0 Å². The van der Waals surface area contributed by atoms with Crippen LogP contribution in [0.1, 0.15) is 29.6 Å². The molecule has 0 spiro atoms. The first-order valence-electron chi connectivity index (χ1n) is 5.15. The number of carbonyl (C=O) groups is 1. The van der Waals surface area contributed by atoms with E-state index in [9.17, 15) is 4.79 Å². The molecule has 0 unspecified atom stereocenters. The van der Waals surface area contributed by atoms with Crippen molar-refractivity contribution in [2.24, 2.45) is 12.8 Å². The van der Waals surface area contributed by atoms with Gasteiger partial charge in [-0.05, 0) is 19.3 Å². The Kier molecular flexibility index (Phi) is 2.48. The lowest BCUT2D eigenvalue weighted by molar-refractivity contribution is 0.0929. The van der Waals surface area contributed by atoms with Crippen LogP contribution in [-0.2, 0) is 7.05 Å². The van der Waals surface area contributed by atoms with Crippen LogP contribution in [0.2, 0.25) is 0 Å². The van der Waals surface area contributed by atoms with Gasteiger partial charge in [-0.15, -0.1) is 0 Å². The van der Waals surface area contributed by atoms with E-state index in [1.54, 1.807) is 24.1 Å². The van der Waals surface area contributed by atoms with Crippen LogP contribution in [0.25, 0.3) is 0 Å². The number of nitrogens with two attached hydrogens (primary N) is 1. The zero-order chi connectivity index (χ0) is 10.9. The highest BCUT2D eigenvalue weighted by molar-refractivity contribution is 5.93. The fraction of sp³-hybridized carbons (Fsp3) is 0.600. The Labute approximate surface area is 88.6 Å². The predicted molar refractivity (Wildman–Crippen MR) is 56.3 cm³/mol. The second kappa shape index (κ2) is 3.66. The maximum absolute atomic E-state index is 11.6. The molecule has 3 N–H and O–H groups in total. The molecule has 5 heteroatoms. The van der Waals surface area contributed by atoms with E-state index in [1.807, 2.05) is 0 Å². The van der Waals surface area contributed by atoms with Crippen molar-refractivity contribution in [3.63, 3.8) is 0 Å². The van der Waals surface area contributed by atoms with Gasteiger partial charge in [-0.3, -0.25) is 9.48 Å². The van der Waals surface area contributed by atoms with Crippen LogP contribution in [0.3, 0.4) is 0 Å². The number of hydrogen-bond donors (Lipinski definition) is 2. The normalized spacial score (nSPS) is 18.3. The molecule has 1 aromatic rings. The topological polar surface area (TPSA) is 72.9 Å². The van der Waals surface area contributed by atoms with Crippen molar-refractivity contribution in [1.82, 2.24) is 15.1 Å². The minimum Gasteiger partial charge on any atom is -0.350 e. The second-order valence-corrected chi connectivity index (χ2v) is 4.30. The minimum atomic E-state index is -0.169. The van der Waals surface area contributed by atoms with Crippen LogP contribution >= 0.6 is 0 Å². The fourth-order valence-corrected chi connectivity index (χ4v) is 1.70. The molecule has 1 aliphatic carbocycles. The standard InChI is InChI=1S/C10H16N4O/c1-14-6-8(5-13-14)9(15)12-7-10(11)3-2-4-10/h5-6H,2-4,7,11H2,1H3,(H,12,15). The smallest absolute Gasteiger partial charge is 0.254 e. The summed E-state index contributed by atoms with van der Waals surface area (Å²) in [6.45, 7) is 0.556. The lowest BCUT2D eigenvalue weighted by Gasteiger charge is -2.38. The Morgan fingerprint density at radius 1 is 1.73 bits per heavy atom. The van der Waals surface area contributed by atoms with E-state index < -0.39 is 0 Å². The van der Waals surface area contributed by atoms with Gasteiger partial charge in [0.15, 0.2) is 0 Å². The molecule has 0 aromatic carbocycles. The summed E-state index contributed by atoms with van der Waals surface area (Å²) in [5.74, 6) is -0.0974. The first kappa shape index (κ1) is 10.2. The highest BCUT2D eigenvalue weighted by Gasteiger charge is 2.32. The average Bonchev–Trinajstić information content (AvgIpc) is 2.58. The van der Waals surface area contributed by atoms with Gasteiger partial charge in [0.2, 0.25) is 0 Å². The van der Waals surface area contributed by atoms with E-state index in [0.29, 0.717) is 12.1 Å². The van der Waals surface area contributed by atoms with Gasteiger partial charge < -0.3 is 11.1 Å². The molecule has 0 saturated heterocycles. The molecule has 2 rings (SSSR count). The maximum atomic E-state index is 11.6. The molecule has 1 aromatic heterocycles. The van der Waals surface area contributed by atoms with Gasteiger partial charge in [-0.2, -0.15) is 5.10 Å². The predicted octanol–water partition coefficient (Wildman–Crippen LogP) is 0.0313. The Bertz CT molecular complexity index is 367. The van der Waals surface area contributed by atoms with Gasteiger partial charge in [0.25, 0.3) is 5.91 Å². The van der Waals surface area contributed by atoms with E-state index >= 15 is 0 Å². The number of aromatic nitrogens is 2. The first-order chi connectivity index (χ1) is 7.09. The number of aryl methyl sites for hydroxylation is 1. The van der Waals surface area contributed by atoms with E-state index in [0.717, 1.165) is 12.8 Å². The quantitative estimate of drug-likeness (QED) is 0.736. The van der Waals surface area contributed by atoms with E-state index in [-0.39, 0.29) is 11.4 Å². The van der Waals surface area contributed by atoms with E-state index in [2.05, 4.69) is 10.4 Å². The van der Waals surface area contributed by atoms with Crippen molar-refractivity contribution in [3.05, 3.63) is 18.0 Å². The number of nitrogens with one attached hydrogen (secondary N) is 1. The van der Waals surface area contributed by atoms with Gasteiger partial charge >= 0.3 is 0 Å². The van der Waals surface area contributed by atoms with Gasteiger partial charge in [0.1, 0.15) is 0 Å². The molecule has 5 nitrogen and oxygen atoms in total.